The molecule has 2 atom stereocenters. The second kappa shape index (κ2) is 10.5. The normalized spacial score (nSPS) is 16.1. The summed E-state index contributed by atoms with van der Waals surface area (Å²) in [6.07, 6.45) is 0.890. The Morgan fingerprint density at radius 1 is 0.733 bits per heavy atom. The molecule has 0 saturated heterocycles. The van der Waals surface area contributed by atoms with Gasteiger partial charge in [-0.1, -0.05) is 114 Å². The third-order valence-corrected chi connectivity index (χ3v) is 5.25. The molecule has 156 valence electrons. The summed E-state index contributed by atoms with van der Waals surface area (Å²) in [5.41, 5.74) is 4.59. The first-order chi connectivity index (χ1) is 13.7. The first-order valence-electron chi connectivity index (χ1n) is 9.88. The van der Waals surface area contributed by atoms with Crippen molar-refractivity contribution >= 4 is 11.7 Å². The lowest BCUT2D eigenvalue weighted by Crippen LogP contribution is -2.36. The lowest BCUT2D eigenvalue weighted by Gasteiger charge is -2.22. The van der Waals surface area contributed by atoms with Gasteiger partial charge in [0.1, 0.15) is 11.7 Å². The zero-order chi connectivity index (χ0) is 19.3. The number of benzene rings is 3. The van der Waals surface area contributed by atoms with E-state index in [1.165, 1.54) is 5.56 Å². The van der Waals surface area contributed by atoms with E-state index < -0.39 is 0 Å². The summed E-state index contributed by atoms with van der Waals surface area (Å²) < 4.78 is 0. The van der Waals surface area contributed by atoms with Crippen LogP contribution in [0.25, 0.3) is 0 Å². The first-order valence-corrected chi connectivity index (χ1v) is 9.88. The van der Waals surface area contributed by atoms with Crippen molar-refractivity contribution in [2.75, 3.05) is 0 Å². The van der Waals surface area contributed by atoms with Crippen LogP contribution in [0.2, 0.25) is 0 Å². The SMILES string of the molecule is C.C.CCC(C)c1ccc(C2=NC(c3ccccc3)N=C(c3ccccc3)N2)cc1. The summed E-state index contributed by atoms with van der Waals surface area (Å²) in [6, 6.07) is 29.2. The van der Waals surface area contributed by atoms with Crippen LogP contribution in [0.1, 0.15) is 69.5 Å². The van der Waals surface area contributed by atoms with Crippen molar-refractivity contribution in [1.29, 1.82) is 0 Å². The van der Waals surface area contributed by atoms with E-state index in [-0.39, 0.29) is 21.0 Å². The van der Waals surface area contributed by atoms with Crippen molar-refractivity contribution < 1.29 is 0 Å². The van der Waals surface area contributed by atoms with E-state index >= 15 is 0 Å². The van der Waals surface area contributed by atoms with E-state index in [9.17, 15) is 0 Å². The zero-order valence-electron chi connectivity index (χ0n) is 16.3. The van der Waals surface area contributed by atoms with Gasteiger partial charge in [0.15, 0.2) is 6.17 Å². The molecule has 4 rings (SSSR count). The Hall–Kier alpha value is -3.20. The Bertz CT molecular complexity index is 974. The number of aliphatic imine (C=N–C) groups is 2. The molecule has 1 heterocycles. The topological polar surface area (TPSA) is 36.8 Å². The highest BCUT2D eigenvalue weighted by molar-refractivity contribution is 6.15. The van der Waals surface area contributed by atoms with Gasteiger partial charge in [0.25, 0.3) is 0 Å². The van der Waals surface area contributed by atoms with Crippen molar-refractivity contribution in [2.24, 2.45) is 9.98 Å². The molecule has 3 nitrogen and oxygen atoms in total. The van der Waals surface area contributed by atoms with E-state index in [4.69, 9.17) is 9.98 Å². The predicted octanol–water partition coefficient (Wildman–Crippen LogP) is 6.97. The smallest absolute Gasteiger partial charge is 0.169 e. The van der Waals surface area contributed by atoms with Gasteiger partial charge < -0.3 is 5.32 Å². The van der Waals surface area contributed by atoms with E-state index in [1.54, 1.807) is 0 Å². The Morgan fingerprint density at radius 2 is 1.23 bits per heavy atom. The van der Waals surface area contributed by atoms with Gasteiger partial charge in [0, 0.05) is 11.1 Å². The Kier molecular flexibility index (Phi) is 8.11. The van der Waals surface area contributed by atoms with Crippen molar-refractivity contribution in [1.82, 2.24) is 5.32 Å². The largest absolute Gasteiger partial charge is 0.324 e. The molecule has 0 fully saturated rings. The molecule has 0 saturated carbocycles. The van der Waals surface area contributed by atoms with Gasteiger partial charge in [0.05, 0.1) is 0 Å². The van der Waals surface area contributed by atoms with Crippen LogP contribution in [0, 0.1) is 0 Å². The highest BCUT2D eigenvalue weighted by atomic mass is 15.2. The van der Waals surface area contributed by atoms with Crippen molar-refractivity contribution in [2.45, 2.75) is 47.2 Å². The molecule has 3 aromatic rings. The summed E-state index contributed by atoms with van der Waals surface area (Å²) in [4.78, 5) is 9.79. The Morgan fingerprint density at radius 3 is 1.77 bits per heavy atom. The van der Waals surface area contributed by atoms with Crippen LogP contribution < -0.4 is 5.32 Å². The molecule has 1 aliphatic heterocycles. The van der Waals surface area contributed by atoms with Crippen LogP contribution in [0.3, 0.4) is 0 Å². The van der Waals surface area contributed by atoms with Crippen LogP contribution in [0.15, 0.2) is 94.9 Å². The summed E-state index contributed by atoms with van der Waals surface area (Å²) in [5, 5.41) is 3.45. The molecule has 1 N–H and O–H groups in total. The second-order valence-corrected chi connectivity index (χ2v) is 7.16. The molecular formula is C27H33N3. The minimum atomic E-state index is -0.248. The molecule has 3 aromatic carbocycles. The van der Waals surface area contributed by atoms with Crippen molar-refractivity contribution in [3.8, 4) is 0 Å². The number of amidine groups is 2. The number of hydrogen-bond acceptors (Lipinski definition) is 3. The van der Waals surface area contributed by atoms with Gasteiger partial charge >= 0.3 is 0 Å². The average Bonchev–Trinajstić information content (AvgIpc) is 2.79. The minimum Gasteiger partial charge on any atom is -0.324 e. The molecule has 1 aliphatic rings. The molecule has 30 heavy (non-hydrogen) atoms. The molecular weight excluding hydrogens is 366 g/mol. The Labute approximate surface area is 181 Å². The van der Waals surface area contributed by atoms with Gasteiger partial charge in [-0.15, -0.1) is 0 Å². The van der Waals surface area contributed by atoms with Crippen LogP contribution >= 0.6 is 0 Å². The molecule has 0 aliphatic carbocycles. The van der Waals surface area contributed by atoms with E-state index in [0.717, 1.165) is 34.8 Å². The lowest BCUT2D eigenvalue weighted by molar-refractivity contribution is 0.733. The highest BCUT2D eigenvalue weighted by Gasteiger charge is 2.20. The van der Waals surface area contributed by atoms with E-state index in [2.05, 4.69) is 67.7 Å². The molecule has 3 heteroatoms. The van der Waals surface area contributed by atoms with Gasteiger partial charge in [-0.3, -0.25) is 0 Å². The van der Waals surface area contributed by atoms with E-state index in [1.807, 2.05) is 36.4 Å². The summed E-state index contributed by atoms with van der Waals surface area (Å²) in [5.74, 6) is 2.28. The maximum Gasteiger partial charge on any atom is 0.169 e. The van der Waals surface area contributed by atoms with Gasteiger partial charge in [0.2, 0.25) is 0 Å². The van der Waals surface area contributed by atoms with Crippen LogP contribution in [0.5, 0.6) is 0 Å². The van der Waals surface area contributed by atoms with Gasteiger partial charge in [-0.05, 0) is 23.5 Å². The average molecular weight is 400 g/mol. The van der Waals surface area contributed by atoms with Crippen LogP contribution in [-0.2, 0) is 0 Å². The van der Waals surface area contributed by atoms with Gasteiger partial charge in [-0.2, -0.15) is 0 Å². The number of hydrogen-bond donors (Lipinski definition) is 1. The third-order valence-electron chi connectivity index (χ3n) is 5.25. The number of nitrogens with zero attached hydrogens (tertiary/aromatic N) is 2. The highest BCUT2D eigenvalue weighted by Crippen LogP contribution is 2.25. The molecule has 0 spiro atoms. The zero-order valence-corrected chi connectivity index (χ0v) is 16.3. The van der Waals surface area contributed by atoms with Crippen molar-refractivity contribution in [3.05, 3.63) is 107 Å². The summed E-state index contributed by atoms with van der Waals surface area (Å²) in [6.45, 7) is 4.48. The second-order valence-electron chi connectivity index (χ2n) is 7.16. The Balaban J connectivity index is 0.00000160. The molecule has 0 bridgehead atoms. The number of rotatable bonds is 5. The molecule has 0 radical (unpaired) electrons. The molecule has 0 aromatic heterocycles. The van der Waals surface area contributed by atoms with Crippen molar-refractivity contribution in [3.63, 3.8) is 0 Å². The standard InChI is InChI=1S/C25H25N3.2CH4/c1-3-18(2)19-14-16-22(17-15-19)25-27-23(20-10-6-4-7-11-20)26-24(28-25)21-12-8-5-9-13-21;;/h4-18,23H,3H2,1-2H3,(H,26,27,28);2*1H4. The molecule has 2 unspecified atom stereocenters. The predicted molar refractivity (Wildman–Crippen MR) is 130 cm³/mol. The summed E-state index contributed by atoms with van der Waals surface area (Å²) in [7, 11) is 0. The third kappa shape index (κ3) is 5.04. The van der Waals surface area contributed by atoms with Crippen LogP contribution in [0.4, 0.5) is 0 Å². The lowest BCUT2D eigenvalue weighted by atomic mass is 9.97. The van der Waals surface area contributed by atoms with Crippen LogP contribution in [-0.4, -0.2) is 11.7 Å². The maximum absolute atomic E-state index is 4.91. The fraction of sp³-hybridized carbons (Fsp3) is 0.259. The first kappa shape index (κ1) is 23.1. The fourth-order valence-corrected chi connectivity index (χ4v) is 3.32. The quantitative estimate of drug-likeness (QED) is 0.494. The molecule has 0 amide bonds. The summed E-state index contributed by atoms with van der Waals surface area (Å²) >= 11 is 0. The monoisotopic (exact) mass is 399 g/mol. The number of nitrogens with one attached hydrogen (secondary N) is 1. The maximum atomic E-state index is 4.91. The van der Waals surface area contributed by atoms with E-state index in [0.29, 0.717) is 5.92 Å². The fourth-order valence-electron chi connectivity index (χ4n) is 3.32. The van der Waals surface area contributed by atoms with Gasteiger partial charge in [-0.25, -0.2) is 9.98 Å². The minimum absolute atomic E-state index is 0.